The molecular formula is C20H27NO. The molecule has 0 fully saturated rings. The summed E-state index contributed by atoms with van der Waals surface area (Å²) < 4.78 is 0. The second kappa shape index (κ2) is 6.64. The van der Waals surface area contributed by atoms with Crippen LogP contribution in [0, 0.1) is 5.41 Å². The monoisotopic (exact) mass is 297 g/mol. The molecule has 118 valence electrons. The Morgan fingerprint density at radius 2 is 1.18 bits per heavy atom. The van der Waals surface area contributed by atoms with Gasteiger partial charge < -0.3 is 10.8 Å². The first-order valence-electron chi connectivity index (χ1n) is 7.87. The van der Waals surface area contributed by atoms with Crippen LogP contribution < -0.4 is 5.73 Å². The summed E-state index contributed by atoms with van der Waals surface area (Å²) in [5.74, 6) is 0. The summed E-state index contributed by atoms with van der Waals surface area (Å²) in [5.41, 5.74) is 7.56. The third kappa shape index (κ3) is 4.19. The van der Waals surface area contributed by atoms with E-state index < -0.39 is 5.60 Å². The van der Waals surface area contributed by atoms with Gasteiger partial charge >= 0.3 is 0 Å². The van der Waals surface area contributed by atoms with Crippen molar-refractivity contribution in [2.45, 2.75) is 45.3 Å². The minimum Gasteiger partial charge on any atom is -0.388 e. The van der Waals surface area contributed by atoms with Crippen LogP contribution in [0.25, 0.3) is 0 Å². The maximum absolute atomic E-state index is 11.4. The van der Waals surface area contributed by atoms with Crippen LogP contribution in [-0.2, 0) is 12.8 Å². The van der Waals surface area contributed by atoms with Crippen molar-refractivity contribution >= 4 is 0 Å². The zero-order chi connectivity index (χ0) is 16.2. The average Bonchev–Trinajstić information content (AvgIpc) is 2.47. The Morgan fingerprint density at radius 3 is 1.50 bits per heavy atom. The molecule has 0 saturated heterocycles. The molecule has 0 radical (unpaired) electrons. The van der Waals surface area contributed by atoms with Gasteiger partial charge in [0.15, 0.2) is 0 Å². The fourth-order valence-corrected chi connectivity index (χ4v) is 2.99. The van der Waals surface area contributed by atoms with Crippen LogP contribution in [0.3, 0.4) is 0 Å². The molecule has 2 heteroatoms. The summed E-state index contributed by atoms with van der Waals surface area (Å²) in [6.45, 7) is 6.25. The van der Waals surface area contributed by atoms with E-state index in [2.05, 4.69) is 20.8 Å². The van der Waals surface area contributed by atoms with Crippen LogP contribution in [0.5, 0.6) is 0 Å². The Kier molecular flexibility index (Phi) is 5.05. The van der Waals surface area contributed by atoms with Crippen LogP contribution in [-0.4, -0.2) is 16.7 Å². The number of aliphatic hydroxyl groups is 1. The molecule has 0 heterocycles. The standard InChI is InChI=1S/C20H27NO/c1-19(2,3)18(21)20(22,14-16-10-6-4-7-11-16)15-17-12-8-5-9-13-17/h4-13,18,22H,14-15,21H2,1-3H3/t18-/m1/s1. The van der Waals surface area contributed by atoms with E-state index in [9.17, 15) is 5.11 Å². The van der Waals surface area contributed by atoms with Crippen LogP contribution in [0.1, 0.15) is 31.9 Å². The van der Waals surface area contributed by atoms with E-state index in [0.29, 0.717) is 12.8 Å². The molecule has 0 spiro atoms. The van der Waals surface area contributed by atoms with Crippen molar-refractivity contribution in [2.75, 3.05) is 0 Å². The van der Waals surface area contributed by atoms with Gasteiger partial charge in [-0.25, -0.2) is 0 Å². The maximum Gasteiger partial charge on any atom is 0.0883 e. The number of hydrogen-bond donors (Lipinski definition) is 2. The zero-order valence-corrected chi connectivity index (χ0v) is 13.8. The molecule has 2 aromatic rings. The first-order valence-corrected chi connectivity index (χ1v) is 7.87. The maximum atomic E-state index is 11.4. The Morgan fingerprint density at radius 1 is 0.818 bits per heavy atom. The molecule has 22 heavy (non-hydrogen) atoms. The lowest BCUT2D eigenvalue weighted by Gasteiger charge is -2.41. The lowest BCUT2D eigenvalue weighted by molar-refractivity contribution is -0.0202. The molecule has 0 aromatic heterocycles. The Hall–Kier alpha value is -1.64. The number of rotatable bonds is 5. The molecule has 2 aromatic carbocycles. The average molecular weight is 297 g/mol. The van der Waals surface area contributed by atoms with Gasteiger partial charge in [-0.05, 0) is 16.5 Å². The van der Waals surface area contributed by atoms with E-state index in [1.165, 1.54) is 0 Å². The van der Waals surface area contributed by atoms with E-state index >= 15 is 0 Å². The Labute approximate surface area is 134 Å². The summed E-state index contributed by atoms with van der Waals surface area (Å²) in [6.07, 6.45) is 1.11. The molecule has 2 rings (SSSR count). The van der Waals surface area contributed by atoms with Gasteiger partial charge in [0.2, 0.25) is 0 Å². The van der Waals surface area contributed by atoms with Crippen molar-refractivity contribution in [2.24, 2.45) is 11.1 Å². The van der Waals surface area contributed by atoms with Crippen molar-refractivity contribution in [3.63, 3.8) is 0 Å². The predicted octanol–water partition coefficient (Wildman–Crippen LogP) is 3.58. The minimum absolute atomic E-state index is 0.168. The van der Waals surface area contributed by atoms with E-state index in [1.807, 2.05) is 60.7 Å². The summed E-state index contributed by atoms with van der Waals surface area (Å²) >= 11 is 0. The first kappa shape index (κ1) is 16.7. The number of nitrogens with two attached hydrogens (primary N) is 1. The molecule has 2 nitrogen and oxygen atoms in total. The second-order valence-electron chi connectivity index (χ2n) is 7.27. The van der Waals surface area contributed by atoms with Crippen molar-refractivity contribution in [1.29, 1.82) is 0 Å². The van der Waals surface area contributed by atoms with Gasteiger partial charge in [-0.15, -0.1) is 0 Å². The smallest absolute Gasteiger partial charge is 0.0883 e. The highest BCUT2D eigenvalue weighted by molar-refractivity contribution is 5.23. The summed E-state index contributed by atoms with van der Waals surface area (Å²) in [7, 11) is 0. The quantitative estimate of drug-likeness (QED) is 0.886. The highest BCUT2D eigenvalue weighted by Gasteiger charge is 2.41. The zero-order valence-electron chi connectivity index (χ0n) is 13.8. The molecule has 1 atom stereocenters. The first-order chi connectivity index (χ1) is 10.3. The lowest BCUT2D eigenvalue weighted by atomic mass is 9.71. The second-order valence-corrected chi connectivity index (χ2v) is 7.27. The molecule has 0 amide bonds. The van der Waals surface area contributed by atoms with Crippen LogP contribution in [0.4, 0.5) is 0 Å². The van der Waals surface area contributed by atoms with Gasteiger partial charge in [0.05, 0.1) is 5.60 Å². The van der Waals surface area contributed by atoms with E-state index in [0.717, 1.165) is 11.1 Å². The largest absolute Gasteiger partial charge is 0.388 e. The Balaban J connectivity index is 2.31. The molecule has 0 saturated carbocycles. The normalized spacial score (nSPS) is 13.9. The molecule has 0 bridgehead atoms. The van der Waals surface area contributed by atoms with Crippen LogP contribution in [0.15, 0.2) is 60.7 Å². The fourth-order valence-electron chi connectivity index (χ4n) is 2.99. The molecule has 0 aliphatic carbocycles. The molecule has 0 unspecified atom stereocenters. The van der Waals surface area contributed by atoms with Crippen molar-refractivity contribution < 1.29 is 5.11 Å². The number of benzene rings is 2. The molecule has 0 aliphatic rings. The minimum atomic E-state index is -0.971. The third-order valence-corrected chi connectivity index (χ3v) is 4.22. The van der Waals surface area contributed by atoms with E-state index in [1.54, 1.807) is 0 Å². The highest BCUT2D eigenvalue weighted by Crippen LogP contribution is 2.31. The van der Waals surface area contributed by atoms with E-state index in [4.69, 9.17) is 5.73 Å². The topological polar surface area (TPSA) is 46.2 Å². The summed E-state index contributed by atoms with van der Waals surface area (Å²) in [6, 6.07) is 19.9. The SMILES string of the molecule is CC(C)(C)[C@@H](N)C(O)(Cc1ccccc1)Cc1ccccc1. The van der Waals surface area contributed by atoms with Crippen LogP contribution in [0.2, 0.25) is 0 Å². The summed E-state index contributed by atoms with van der Waals surface area (Å²) in [5, 5.41) is 11.4. The van der Waals surface area contributed by atoms with Gasteiger partial charge in [-0.2, -0.15) is 0 Å². The van der Waals surface area contributed by atoms with Gasteiger partial charge in [0, 0.05) is 18.9 Å². The van der Waals surface area contributed by atoms with Crippen molar-refractivity contribution in [1.82, 2.24) is 0 Å². The fraction of sp³-hybridized carbons (Fsp3) is 0.400. The van der Waals surface area contributed by atoms with E-state index in [-0.39, 0.29) is 11.5 Å². The van der Waals surface area contributed by atoms with Crippen molar-refractivity contribution in [3.8, 4) is 0 Å². The molecule has 0 aliphatic heterocycles. The Bertz CT molecular complexity index is 530. The third-order valence-electron chi connectivity index (χ3n) is 4.22. The van der Waals surface area contributed by atoms with Gasteiger partial charge in [-0.1, -0.05) is 81.4 Å². The van der Waals surface area contributed by atoms with Crippen molar-refractivity contribution in [3.05, 3.63) is 71.8 Å². The van der Waals surface area contributed by atoms with Gasteiger partial charge in [0.25, 0.3) is 0 Å². The van der Waals surface area contributed by atoms with Crippen LogP contribution >= 0.6 is 0 Å². The summed E-state index contributed by atoms with van der Waals surface area (Å²) in [4.78, 5) is 0. The highest BCUT2D eigenvalue weighted by atomic mass is 16.3. The van der Waals surface area contributed by atoms with Gasteiger partial charge in [-0.3, -0.25) is 0 Å². The van der Waals surface area contributed by atoms with Gasteiger partial charge in [0.1, 0.15) is 0 Å². The molecule has 3 N–H and O–H groups in total. The molecular weight excluding hydrogens is 270 g/mol. The predicted molar refractivity (Wildman–Crippen MR) is 92.7 cm³/mol. The number of hydrogen-bond acceptors (Lipinski definition) is 2. The lowest BCUT2D eigenvalue weighted by Crippen LogP contribution is -2.57.